The van der Waals surface area contributed by atoms with Gasteiger partial charge in [0.2, 0.25) is 15.9 Å². The van der Waals surface area contributed by atoms with Gasteiger partial charge in [0.25, 0.3) is 0 Å². The quantitative estimate of drug-likeness (QED) is 0.614. The number of hydrogen-bond donors (Lipinski definition) is 3. The first-order valence-electron chi connectivity index (χ1n) is 7.37. The van der Waals surface area contributed by atoms with E-state index < -0.39 is 16.1 Å². The van der Waals surface area contributed by atoms with Crippen molar-refractivity contribution >= 4 is 15.9 Å². The highest BCUT2D eigenvalue weighted by Gasteiger charge is 2.19. The maximum Gasteiger partial charge on any atom is 0.240 e. The summed E-state index contributed by atoms with van der Waals surface area (Å²) in [6, 6.07) is 6.01. The van der Waals surface area contributed by atoms with Crippen LogP contribution in [0, 0.1) is 12.8 Å². The van der Waals surface area contributed by atoms with Crippen LogP contribution in [-0.4, -0.2) is 33.5 Å². The molecule has 1 rings (SSSR count). The van der Waals surface area contributed by atoms with E-state index in [1.54, 1.807) is 24.3 Å². The van der Waals surface area contributed by atoms with Gasteiger partial charge >= 0.3 is 0 Å². The molecule has 2 unspecified atom stereocenters. The predicted octanol–water partition coefficient (Wildman–Crippen LogP) is 0.763. The highest BCUT2D eigenvalue weighted by molar-refractivity contribution is 7.89. The molecule has 2 atom stereocenters. The fourth-order valence-corrected chi connectivity index (χ4v) is 2.83. The first kappa shape index (κ1) is 18.6. The average molecular weight is 327 g/mol. The van der Waals surface area contributed by atoms with Gasteiger partial charge < -0.3 is 11.1 Å². The summed E-state index contributed by atoms with van der Waals surface area (Å²) < 4.78 is 26.5. The van der Waals surface area contributed by atoms with Crippen molar-refractivity contribution in [2.24, 2.45) is 11.7 Å². The van der Waals surface area contributed by atoms with Crippen molar-refractivity contribution < 1.29 is 13.2 Å². The minimum Gasteiger partial charge on any atom is -0.353 e. The molecule has 0 radical (unpaired) electrons. The van der Waals surface area contributed by atoms with Gasteiger partial charge in [0.1, 0.15) is 0 Å². The van der Waals surface area contributed by atoms with E-state index in [1.165, 1.54) is 0 Å². The number of hydrogen-bond acceptors (Lipinski definition) is 4. The van der Waals surface area contributed by atoms with Gasteiger partial charge in [0.05, 0.1) is 10.9 Å². The van der Waals surface area contributed by atoms with Crippen LogP contribution < -0.4 is 15.8 Å². The average Bonchev–Trinajstić information content (AvgIpc) is 2.50. The highest BCUT2D eigenvalue weighted by Crippen LogP contribution is 2.09. The van der Waals surface area contributed by atoms with E-state index in [4.69, 9.17) is 5.73 Å². The molecule has 124 valence electrons. The highest BCUT2D eigenvalue weighted by atomic mass is 32.2. The van der Waals surface area contributed by atoms with Crippen LogP contribution in [-0.2, 0) is 14.8 Å². The Morgan fingerprint density at radius 3 is 2.36 bits per heavy atom. The van der Waals surface area contributed by atoms with E-state index >= 15 is 0 Å². The molecule has 1 aromatic carbocycles. The summed E-state index contributed by atoms with van der Waals surface area (Å²) in [5.41, 5.74) is 6.78. The lowest BCUT2D eigenvalue weighted by Crippen LogP contribution is -2.46. The standard InChI is InChI=1S/C15H25N3O3S/c1-4-12(3)14(16)15(19)17-9-10-18-22(20,21)13-7-5-11(2)6-8-13/h5-8,12,14,18H,4,9-10,16H2,1-3H3,(H,17,19). The van der Waals surface area contributed by atoms with Crippen LogP contribution in [0.4, 0.5) is 0 Å². The normalized spacial score (nSPS) is 14.4. The lowest BCUT2D eigenvalue weighted by atomic mass is 9.99. The van der Waals surface area contributed by atoms with Crippen molar-refractivity contribution in [2.75, 3.05) is 13.1 Å². The molecule has 0 saturated carbocycles. The molecule has 1 amide bonds. The topological polar surface area (TPSA) is 101 Å². The molecule has 0 heterocycles. The second-order valence-electron chi connectivity index (χ2n) is 5.41. The summed E-state index contributed by atoms with van der Waals surface area (Å²) in [5.74, 6) is -0.173. The number of aryl methyl sites for hydroxylation is 1. The Morgan fingerprint density at radius 1 is 1.23 bits per heavy atom. The maximum absolute atomic E-state index is 12.0. The Kier molecular flexibility index (Phi) is 6.99. The van der Waals surface area contributed by atoms with Crippen molar-refractivity contribution in [3.63, 3.8) is 0 Å². The van der Waals surface area contributed by atoms with Crippen LogP contribution in [0.2, 0.25) is 0 Å². The summed E-state index contributed by atoms with van der Waals surface area (Å²) in [4.78, 5) is 12.0. The van der Waals surface area contributed by atoms with Crippen LogP contribution in [0.5, 0.6) is 0 Å². The third-order valence-corrected chi connectivity index (χ3v) is 5.08. The van der Waals surface area contributed by atoms with Gasteiger partial charge in [-0.2, -0.15) is 0 Å². The van der Waals surface area contributed by atoms with Crippen molar-refractivity contribution in [1.29, 1.82) is 0 Å². The molecule has 22 heavy (non-hydrogen) atoms. The minimum absolute atomic E-state index is 0.0873. The van der Waals surface area contributed by atoms with E-state index in [1.807, 2.05) is 20.8 Å². The zero-order chi connectivity index (χ0) is 16.8. The van der Waals surface area contributed by atoms with Gasteiger partial charge in [-0.05, 0) is 25.0 Å². The molecule has 1 aromatic rings. The molecule has 0 spiro atoms. The van der Waals surface area contributed by atoms with Gasteiger partial charge in [-0.3, -0.25) is 4.79 Å². The fraction of sp³-hybridized carbons (Fsp3) is 0.533. The number of nitrogens with two attached hydrogens (primary N) is 1. The smallest absolute Gasteiger partial charge is 0.240 e. The number of nitrogens with one attached hydrogen (secondary N) is 2. The van der Waals surface area contributed by atoms with Crippen LogP contribution in [0.3, 0.4) is 0 Å². The lowest BCUT2D eigenvalue weighted by Gasteiger charge is -2.17. The second-order valence-corrected chi connectivity index (χ2v) is 7.18. The van der Waals surface area contributed by atoms with E-state index in [0.29, 0.717) is 0 Å². The SMILES string of the molecule is CCC(C)C(N)C(=O)NCCNS(=O)(=O)c1ccc(C)cc1. The fourth-order valence-electron chi connectivity index (χ4n) is 1.80. The van der Waals surface area contributed by atoms with Gasteiger partial charge in [0, 0.05) is 13.1 Å². The number of rotatable bonds is 8. The third kappa shape index (κ3) is 5.40. The molecule has 0 fully saturated rings. The molecule has 0 saturated heterocycles. The molecule has 0 bridgehead atoms. The number of carbonyl (C=O) groups is 1. The van der Waals surface area contributed by atoms with E-state index in [2.05, 4.69) is 10.0 Å². The van der Waals surface area contributed by atoms with E-state index in [9.17, 15) is 13.2 Å². The van der Waals surface area contributed by atoms with Crippen LogP contribution in [0.1, 0.15) is 25.8 Å². The second kappa shape index (κ2) is 8.26. The first-order valence-corrected chi connectivity index (χ1v) is 8.86. The Bertz CT molecular complexity index is 585. The Balaban J connectivity index is 2.44. The van der Waals surface area contributed by atoms with E-state index in [-0.39, 0.29) is 29.8 Å². The first-order chi connectivity index (χ1) is 10.3. The summed E-state index contributed by atoms with van der Waals surface area (Å²) in [6.07, 6.45) is 0.814. The molecule has 0 aliphatic rings. The predicted molar refractivity (Wildman–Crippen MR) is 86.8 cm³/mol. The summed E-state index contributed by atoms with van der Waals surface area (Å²) in [6.45, 7) is 6.08. The zero-order valence-electron chi connectivity index (χ0n) is 13.3. The molecule has 0 aliphatic heterocycles. The van der Waals surface area contributed by atoms with Crippen molar-refractivity contribution in [3.05, 3.63) is 29.8 Å². The zero-order valence-corrected chi connectivity index (χ0v) is 14.1. The molecular weight excluding hydrogens is 302 g/mol. The monoisotopic (exact) mass is 327 g/mol. The van der Waals surface area contributed by atoms with Crippen LogP contribution in [0.15, 0.2) is 29.2 Å². The minimum atomic E-state index is -3.55. The Labute approximate surface area is 132 Å². The van der Waals surface area contributed by atoms with Crippen molar-refractivity contribution in [1.82, 2.24) is 10.0 Å². The van der Waals surface area contributed by atoms with Crippen molar-refractivity contribution in [2.45, 2.75) is 38.1 Å². The summed E-state index contributed by atoms with van der Waals surface area (Å²) in [7, 11) is -3.55. The lowest BCUT2D eigenvalue weighted by molar-refractivity contribution is -0.123. The Hall–Kier alpha value is -1.44. The summed E-state index contributed by atoms with van der Waals surface area (Å²) >= 11 is 0. The third-order valence-electron chi connectivity index (χ3n) is 3.61. The Morgan fingerprint density at radius 2 is 1.82 bits per heavy atom. The molecule has 7 heteroatoms. The number of sulfonamides is 1. The molecule has 6 nitrogen and oxygen atoms in total. The van der Waals surface area contributed by atoms with E-state index in [0.717, 1.165) is 12.0 Å². The molecule has 4 N–H and O–H groups in total. The molecule has 0 aromatic heterocycles. The summed E-state index contributed by atoms with van der Waals surface area (Å²) in [5, 5.41) is 2.64. The van der Waals surface area contributed by atoms with Gasteiger partial charge in [-0.25, -0.2) is 13.1 Å². The maximum atomic E-state index is 12.0. The molecular formula is C15H25N3O3S. The van der Waals surface area contributed by atoms with Crippen molar-refractivity contribution in [3.8, 4) is 0 Å². The number of amides is 1. The van der Waals surface area contributed by atoms with Crippen LogP contribution >= 0.6 is 0 Å². The van der Waals surface area contributed by atoms with Gasteiger partial charge in [-0.15, -0.1) is 0 Å². The number of benzene rings is 1. The largest absolute Gasteiger partial charge is 0.353 e. The van der Waals surface area contributed by atoms with Gasteiger partial charge in [0.15, 0.2) is 0 Å². The van der Waals surface area contributed by atoms with Crippen LogP contribution in [0.25, 0.3) is 0 Å². The molecule has 0 aliphatic carbocycles. The van der Waals surface area contributed by atoms with Gasteiger partial charge in [-0.1, -0.05) is 38.0 Å². The number of carbonyl (C=O) groups excluding carboxylic acids is 1.